The van der Waals surface area contributed by atoms with Gasteiger partial charge >= 0.3 is 5.97 Å². The lowest BCUT2D eigenvalue weighted by Gasteiger charge is -2.09. The predicted octanol–water partition coefficient (Wildman–Crippen LogP) is 1.96. The minimum absolute atomic E-state index is 0.231. The van der Waals surface area contributed by atoms with Crippen molar-refractivity contribution in [2.75, 3.05) is 7.05 Å². The number of rotatable bonds is 5. The zero-order chi connectivity index (χ0) is 17.7. The molecule has 2 rings (SSSR count). The minimum Gasteiger partial charge on any atom is -0.457 e. The molecule has 0 aliphatic heterocycles. The molecule has 0 fully saturated rings. The number of hydrogen-bond donors (Lipinski definition) is 1. The van der Waals surface area contributed by atoms with Crippen molar-refractivity contribution < 1.29 is 22.3 Å². The van der Waals surface area contributed by atoms with E-state index in [1.54, 1.807) is 24.3 Å². The lowest BCUT2D eigenvalue weighted by Crippen LogP contribution is -2.19. The highest BCUT2D eigenvalue weighted by atomic mass is 32.2. The Morgan fingerprint density at radius 1 is 1.29 bits per heavy atom. The molecule has 0 saturated heterocycles. The number of esters is 1. The highest BCUT2D eigenvalue weighted by molar-refractivity contribution is 7.89. The monoisotopic (exact) mass is 348 g/mol. The van der Waals surface area contributed by atoms with Crippen molar-refractivity contribution >= 4 is 16.0 Å². The Morgan fingerprint density at radius 3 is 2.67 bits per heavy atom. The van der Waals surface area contributed by atoms with E-state index in [1.807, 2.05) is 6.07 Å². The Labute approximate surface area is 138 Å². The number of carbonyl (C=O) groups excluding carboxylic acids is 1. The molecular weight excluding hydrogens is 335 g/mol. The minimum atomic E-state index is -3.82. The number of hydrogen-bond acceptors (Lipinski definition) is 5. The molecule has 0 heterocycles. The van der Waals surface area contributed by atoms with E-state index < -0.39 is 27.4 Å². The SMILES string of the molecule is CNS(=O)(=O)c1ccc(F)c(C(=O)OCc2ccccc2C#N)c1. The summed E-state index contributed by atoms with van der Waals surface area (Å²) >= 11 is 0. The van der Waals surface area contributed by atoms with Gasteiger partial charge in [0.05, 0.1) is 22.1 Å². The van der Waals surface area contributed by atoms with Gasteiger partial charge in [-0.25, -0.2) is 22.3 Å². The molecule has 24 heavy (non-hydrogen) atoms. The van der Waals surface area contributed by atoms with E-state index >= 15 is 0 Å². The first-order valence-electron chi connectivity index (χ1n) is 6.77. The van der Waals surface area contributed by atoms with E-state index in [1.165, 1.54) is 7.05 Å². The van der Waals surface area contributed by atoms with Gasteiger partial charge in [-0.05, 0) is 31.3 Å². The number of sulfonamides is 1. The molecule has 0 atom stereocenters. The summed E-state index contributed by atoms with van der Waals surface area (Å²) in [6, 6.07) is 11.3. The fourth-order valence-electron chi connectivity index (χ4n) is 1.92. The first-order valence-corrected chi connectivity index (χ1v) is 8.25. The summed E-state index contributed by atoms with van der Waals surface area (Å²) in [5, 5.41) is 8.97. The van der Waals surface area contributed by atoms with Crippen LogP contribution in [0.3, 0.4) is 0 Å². The number of ether oxygens (including phenoxy) is 1. The zero-order valence-electron chi connectivity index (χ0n) is 12.6. The molecule has 0 unspecified atom stereocenters. The fourth-order valence-corrected chi connectivity index (χ4v) is 2.68. The van der Waals surface area contributed by atoms with Gasteiger partial charge in [0.1, 0.15) is 12.4 Å². The van der Waals surface area contributed by atoms with Crippen LogP contribution in [0.5, 0.6) is 0 Å². The zero-order valence-corrected chi connectivity index (χ0v) is 13.4. The van der Waals surface area contributed by atoms with Crippen molar-refractivity contribution in [3.05, 3.63) is 65.0 Å². The first kappa shape index (κ1) is 17.6. The number of benzene rings is 2. The molecule has 0 aliphatic rings. The van der Waals surface area contributed by atoms with Crippen LogP contribution >= 0.6 is 0 Å². The Bertz CT molecular complexity index is 920. The van der Waals surface area contributed by atoms with Crippen LogP contribution in [-0.4, -0.2) is 21.4 Å². The van der Waals surface area contributed by atoms with Crippen LogP contribution in [0.15, 0.2) is 47.4 Å². The van der Waals surface area contributed by atoms with Crippen molar-refractivity contribution in [2.24, 2.45) is 0 Å². The van der Waals surface area contributed by atoms with Gasteiger partial charge < -0.3 is 4.74 Å². The maximum absolute atomic E-state index is 13.8. The van der Waals surface area contributed by atoms with E-state index in [0.29, 0.717) is 11.1 Å². The maximum atomic E-state index is 13.8. The topological polar surface area (TPSA) is 96.3 Å². The number of halogens is 1. The van der Waals surface area contributed by atoms with Gasteiger partial charge in [-0.15, -0.1) is 0 Å². The lowest BCUT2D eigenvalue weighted by atomic mass is 10.1. The van der Waals surface area contributed by atoms with Crippen molar-refractivity contribution in [1.29, 1.82) is 5.26 Å². The van der Waals surface area contributed by atoms with Gasteiger partial charge in [-0.2, -0.15) is 5.26 Å². The third-order valence-electron chi connectivity index (χ3n) is 3.23. The third kappa shape index (κ3) is 3.76. The number of nitrogens with zero attached hydrogens (tertiary/aromatic N) is 1. The van der Waals surface area contributed by atoms with Crippen molar-refractivity contribution in [2.45, 2.75) is 11.5 Å². The molecule has 0 aliphatic carbocycles. The average Bonchev–Trinajstić information content (AvgIpc) is 2.60. The quantitative estimate of drug-likeness (QED) is 0.833. The summed E-state index contributed by atoms with van der Waals surface area (Å²) < 4.78 is 44.3. The van der Waals surface area contributed by atoms with E-state index in [2.05, 4.69) is 4.72 Å². The second-order valence-corrected chi connectivity index (χ2v) is 6.58. The molecule has 2 aromatic carbocycles. The highest BCUT2D eigenvalue weighted by Gasteiger charge is 2.19. The maximum Gasteiger partial charge on any atom is 0.341 e. The van der Waals surface area contributed by atoms with Crippen molar-refractivity contribution in [3.8, 4) is 6.07 Å². The Morgan fingerprint density at radius 2 is 2.00 bits per heavy atom. The summed E-state index contributed by atoms with van der Waals surface area (Å²) in [6.45, 7) is -0.231. The molecular formula is C16H13FN2O4S. The van der Waals surface area contributed by atoms with Gasteiger partial charge in [0, 0.05) is 5.56 Å². The summed E-state index contributed by atoms with van der Waals surface area (Å²) in [4.78, 5) is 11.8. The van der Waals surface area contributed by atoms with Gasteiger partial charge in [-0.1, -0.05) is 18.2 Å². The average molecular weight is 348 g/mol. The van der Waals surface area contributed by atoms with Gasteiger partial charge in [0.2, 0.25) is 10.0 Å². The van der Waals surface area contributed by atoms with Crippen molar-refractivity contribution in [1.82, 2.24) is 4.72 Å². The standard InChI is InChI=1S/C16H13FN2O4S/c1-19-24(21,22)13-6-7-15(17)14(8-13)16(20)23-10-12-5-3-2-4-11(12)9-18/h2-8,19H,10H2,1H3. The van der Waals surface area contributed by atoms with Crippen LogP contribution in [0.1, 0.15) is 21.5 Å². The van der Waals surface area contributed by atoms with Gasteiger partial charge in [0.15, 0.2) is 0 Å². The number of carbonyl (C=O) groups is 1. The number of nitriles is 1. The van der Waals surface area contributed by atoms with Crippen LogP contribution in [0.2, 0.25) is 0 Å². The van der Waals surface area contributed by atoms with E-state index in [4.69, 9.17) is 10.00 Å². The van der Waals surface area contributed by atoms with Crippen LogP contribution < -0.4 is 4.72 Å². The largest absolute Gasteiger partial charge is 0.457 e. The molecule has 6 nitrogen and oxygen atoms in total. The van der Waals surface area contributed by atoms with Crippen LogP contribution in [0.25, 0.3) is 0 Å². The molecule has 0 aromatic heterocycles. The second-order valence-electron chi connectivity index (χ2n) is 4.69. The molecule has 2 aromatic rings. The normalized spacial score (nSPS) is 10.9. The number of nitrogens with one attached hydrogen (secondary N) is 1. The molecule has 0 bridgehead atoms. The van der Waals surface area contributed by atoms with Crippen LogP contribution in [0, 0.1) is 17.1 Å². The van der Waals surface area contributed by atoms with E-state index in [-0.39, 0.29) is 11.5 Å². The van der Waals surface area contributed by atoms with Gasteiger partial charge in [-0.3, -0.25) is 0 Å². The van der Waals surface area contributed by atoms with Crippen LogP contribution in [0.4, 0.5) is 4.39 Å². The molecule has 0 spiro atoms. The van der Waals surface area contributed by atoms with Crippen molar-refractivity contribution in [3.63, 3.8) is 0 Å². The smallest absolute Gasteiger partial charge is 0.341 e. The summed E-state index contributed by atoms with van der Waals surface area (Å²) in [7, 11) is -2.61. The van der Waals surface area contributed by atoms with Crippen LogP contribution in [-0.2, 0) is 21.4 Å². The summed E-state index contributed by atoms with van der Waals surface area (Å²) in [5.41, 5.74) is 0.297. The predicted molar refractivity (Wildman–Crippen MR) is 82.9 cm³/mol. The summed E-state index contributed by atoms with van der Waals surface area (Å²) in [5.74, 6) is -1.92. The molecule has 0 radical (unpaired) electrons. The third-order valence-corrected chi connectivity index (χ3v) is 4.65. The lowest BCUT2D eigenvalue weighted by molar-refractivity contribution is 0.0466. The Kier molecular flexibility index (Phi) is 5.28. The molecule has 8 heteroatoms. The molecule has 0 amide bonds. The fraction of sp³-hybridized carbons (Fsp3) is 0.125. The molecule has 124 valence electrons. The summed E-state index contributed by atoms with van der Waals surface area (Å²) in [6.07, 6.45) is 0. The van der Waals surface area contributed by atoms with E-state index in [9.17, 15) is 17.6 Å². The molecule has 0 saturated carbocycles. The first-order chi connectivity index (χ1) is 11.4. The highest BCUT2D eigenvalue weighted by Crippen LogP contribution is 2.17. The Hall–Kier alpha value is -2.76. The Balaban J connectivity index is 2.24. The molecule has 1 N–H and O–H groups in total. The second kappa shape index (κ2) is 7.21. The van der Waals surface area contributed by atoms with Gasteiger partial charge in [0.25, 0.3) is 0 Å². The van der Waals surface area contributed by atoms with E-state index in [0.717, 1.165) is 18.2 Å².